The lowest BCUT2D eigenvalue weighted by atomic mass is 9.89. The van der Waals surface area contributed by atoms with E-state index in [0.29, 0.717) is 0 Å². The van der Waals surface area contributed by atoms with Crippen LogP contribution in [0.1, 0.15) is 42.4 Å². The summed E-state index contributed by atoms with van der Waals surface area (Å²) < 4.78 is 0. The van der Waals surface area contributed by atoms with Gasteiger partial charge in [-0.2, -0.15) is 5.26 Å². The predicted octanol–water partition coefficient (Wildman–Crippen LogP) is 3.15. The molecule has 19 heavy (non-hydrogen) atoms. The number of nitrogens with zero attached hydrogens (tertiary/aromatic N) is 3. The van der Waals surface area contributed by atoms with Crippen LogP contribution in [0.15, 0.2) is 5.03 Å². The van der Waals surface area contributed by atoms with Crippen LogP contribution in [0, 0.1) is 11.3 Å². The molecule has 1 aromatic heterocycles. The zero-order chi connectivity index (χ0) is 13.2. The number of hydrogen-bond acceptors (Lipinski definition) is 4. The second-order valence-electron chi connectivity index (χ2n) is 5.29. The normalized spacial score (nSPS) is 18.2. The molecule has 1 aromatic rings. The number of aromatic nitrogens is 1. The first-order valence-electron chi connectivity index (χ1n) is 7.10. The van der Waals surface area contributed by atoms with E-state index in [1.54, 1.807) is 11.8 Å². The number of thioether (sulfide) groups is 1. The fourth-order valence-electron chi connectivity index (χ4n) is 3.23. The van der Waals surface area contributed by atoms with Gasteiger partial charge >= 0.3 is 0 Å². The molecular weight excluding hydrogens is 254 g/mol. The van der Waals surface area contributed by atoms with Crippen molar-refractivity contribution in [2.45, 2.75) is 43.6 Å². The number of nitriles is 1. The van der Waals surface area contributed by atoms with E-state index in [9.17, 15) is 5.26 Å². The van der Waals surface area contributed by atoms with Crippen LogP contribution in [-0.2, 0) is 12.8 Å². The predicted molar refractivity (Wildman–Crippen MR) is 78.8 cm³/mol. The van der Waals surface area contributed by atoms with Crippen LogP contribution in [-0.4, -0.2) is 24.3 Å². The van der Waals surface area contributed by atoms with Crippen molar-refractivity contribution in [3.63, 3.8) is 0 Å². The Balaban J connectivity index is 2.16. The molecule has 2 heterocycles. The largest absolute Gasteiger partial charge is 0.356 e. The summed E-state index contributed by atoms with van der Waals surface area (Å²) in [5.41, 5.74) is 3.49. The van der Waals surface area contributed by atoms with E-state index in [2.05, 4.69) is 11.0 Å². The number of fused-ring (bicyclic) bond motifs is 1. The first kappa shape index (κ1) is 12.8. The quantitative estimate of drug-likeness (QED) is 0.776. The Hall–Kier alpha value is -1.21. The van der Waals surface area contributed by atoms with Gasteiger partial charge in [-0.3, -0.25) is 0 Å². The highest BCUT2D eigenvalue weighted by Gasteiger charge is 2.25. The van der Waals surface area contributed by atoms with E-state index >= 15 is 0 Å². The molecule has 4 heteroatoms. The summed E-state index contributed by atoms with van der Waals surface area (Å²) in [5, 5.41) is 10.4. The minimum Gasteiger partial charge on any atom is -0.356 e. The van der Waals surface area contributed by atoms with Crippen molar-refractivity contribution in [1.82, 2.24) is 4.98 Å². The third-order valence-corrected chi connectivity index (χ3v) is 4.85. The molecule has 0 atom stereocenters. The van der Waals surface area contributed by atoms with Crippen LogP contribution in [0.5, 0.6) is 0 Å². The summed E-state index contributed by atoms with van der Waals surface area (Å²) in [5.74, 6) is 1.18. The van der Waals surface area contributed by atoms with E-state index in [4.69, 9.17) is 4.98 Å². The maximum Gasteiger partial charge on any atom is 0.133 e. The van der Waals surface area contributed by atoms with Crippen LogP contribution in [0.2, 0.25) is 0 Å². The van der Waals surface area contributed by atoms with Crippen molar-refractivity contribution < 1.29 is 0 Å². The van der Waals surface area contributed by atoms with Gasteiger partial charge in [0, 0.05) is 13.1 Å². The highest BCUT2D eigenvalue weighted by Crippen LogP contribution is 2.36. The van der Waals surface area contributed by atoms with Gasteiger partial charge in [0.2, 0.25) is 0 Å². The van der Waals surface area contributed by atoms with Gasteiger partial charge in [0.25, 0.3) is 0 Å². The average Bonchev–Trinajstić information content (AvgIpc) is 2.99. The summed E-state index contributed by atoms with van der Waals surface area (Å²) in [7, 11) is 0. The van der Waals surface area contributed by atoms with Crippen molar-refractivity contribution in [2.24, 2.45) is 0 Å². The third-order valence-electron chi connectivity index (χ3n) is 4.17. The molecule has 0 spiro atoms. The van der Waals surface area contributed by atoms with E-state index in [1.165, 1.54) is 42.6 Å². The maximum absolute atomic E-state index is 9.44. The van der Waals surface area contributed by atoms with E-state index < -0.39 is 0 Å². The SMILES string of the molecule is CSc1nc(N2CCCC2)c2c(c1C#N)CCCC2. The molecule has 100 valence electrons. The first-order chi connectivity index (χ1) is 9.35. The van der Waals surface area contributed by atoms with Gasteiger partial charge < -0.3 is 4.90 Å². The van der Waals surface area contributed by atoms with Crippen LogP contribution < -0.4 is 4.90 Å². The van der Waals surface area contributed by atoms with Crippen molar-refractivity contribution in [3.05, 3.63) is 16.7 Å². The molecule has 3 nitrogen and oxygen atoms in total. The standard InChI is InChI=1S/C15H19N3S/c1-19-15-13(10-16)11-6-2-3-7-12(11)14(17-15)18-8-4-5-9-18/h2-9H2,1H3. The van der Waals surface area contributed by atoms with Gasteiger partial charge in [-0.05, 0) is 55.9 Å². The molecule has 3 rings (SSSR count). The molecule has 2 aliphatic rings. The molecule has 0 aromatic carbocycles. The molecule has 1 aliphatic carbocycles. The lowest BCUT2D eigenvalue weighted by Crippen LogP contribution is -2.23. The zero-order valence-electron chi connectivity index (χ0n) is 11.4. The molecule has 0 bridgehead atoms. The lowest BCUT2D eigenvalue weighted by molar-refractivity contribution is 0.671. The Morgan fingerprint density at radius 2 is 1.79 bits per heavy atom. The van der Waals surface area contributed by atoms with Gasteiger partial charge in [-0.1, -0.05) is 0 Å². The fraction of sp³-hybridized carbons (Fsp3) is 0.600. The molecule has 0 N–H and O–H groups in total. The Bertz CT molecular complexity index is 527. The second-order valence-corrected chi connectivity index (χ2v) is 6.08. The van der Waals surface area contributed by atoms with Crippen LogP contribution in [0.3, 0.4) is 0 Å². The minimum atomic E-state index is 0.838. The molecule has 1 saturated heterocycles. The highest BCUT2D eigenvalue weighted by molar-refractivity contribution is 7.98. The number of anilines is 1. The molecular formula is C15H19N3S. The summed E-state index contributed by atoms with van der Waals surface area (Å²) in [6.45, 7) is 2.25. The van der Waals surface area contributed by atoms with Gasteiger partial charge in [-0.25, -0.2) is 4.98 Å². The molecule has 0 radical (unpaired) electrons. The van der Waals surface area contributed by atoms with Gasteiger partial charge in [0.05, 0.1) is 5.56 Å². The van der Waals surface area contributed by atoms with Crippen molar-refractivity contribution in [2.75, 3.05) is 24.2 Å². The number of rotatable bonds is 2. The molecule has 1 fully saturated rings. The van der Waals surface area contributed by atoms with Crippen molar-refractivity contribution >= 4 is 17.6 Å². The molecule has 1 aliphatic heterocycles. The Kier molecular flexibility index (Phi) is 3.65. The van der Waals surface area contributed by atoms with Crippen molar-refractivity contribution in [1.29, 1.82) is 5.26 Å². The van der Waals surface area contributed by atoms with E-state index in [0.717, 1.165) is 36.5 Å². The summed E-state index contributed by atoms with van der Waals surface area (Å²) in [6, 6.07) is 2.39. The number of hydrogen-bond donors (Lipinski definition) is 0. The molecule has 0 saturated carbocycles. The monoisotopic (exact) mass is 273 g/mol. The Morgan fingerprint density at radius 3 is 2.42 bits per heavy atom. The van der Waals surface area contributed by atoms with Crippen LogP contribution in [0.4, 0.5) is 5.82 Å². The summed E-state index contributed by atoms with van der Waals surface area (Å²) in [6.07, 6.45) is 9.15. The van der Waals surface area contributed by atoms with E-state index in [1.807, 2.05) is 6.26 Å². The van der Waals surface area contributed by atoms with Gasteiger partial charge in [0.15, 0.2) is 0 Å². The average molecular weight is 273 g/mol. The maximum atomic E-state index is 9.44. The molecule has 0 amide bonds. The van der Waals surface area contributed by atoms with Crippen LogP contribution in [0.25, 0.3) is 0 Å². The summed E-state index contributed by atoms with van der Waals surface area (Å²) >= 11 is 1.61. The topological polar surface area (TPSA) is 39.9 Å². The van der Waals surface area contributed by atoms with Crippen LogP contribution >= 0.6 is 11.8 Å². The van der Waals surface area contributed by atoms with Gasteiger partial charge in [0.1, 0.15) is 16.9 Å². The zero-order valence-corrected chi connectivity index (χ0v) is 12.2. The molecule has 0 unspecified atom stereocenters. The summed E-state index contributed by atoms with van der Waals surface area (Å²) in [4.78, 5) is 7.25. The lowest BCUT2D eigenvalue weighted by Gasteiger charge is -2.26. The Labute approximate surface area is 119 Å². The third kappa shape index (κ3) is 2.21. The second kappa shape index (κ2) is 5.42. The van der Waals surface area contributed by atoms with E-state index in [-0.39, 0.29) is 0 Å². The fourth-order valence-corrected chi connectivity index (χ4v) is 3.78. The Morgan fingerprint density at radius 1 is 1.11 bits per heavy atom. The smallest absolute Gasteiger partial charge is 0.133 e. The van der Waals surface area contributed by atoms with Crippen molar-refractivity contribution in [3.8, 4) is 6.07 Å². The van der Waals surface area contributed by atoms with Gasteiger partial charge in [-0.15, -0.1) is 11.8 Å². The number of pyridine rings is 1. The highest BCUT2D eigenvalue weighted by atomic mass is 32.2. The minimum absolute atomic E-state index is 0.838. The first-order valence-corrected chi connectivity index (χ1v) is 8.32.